The van der Waals surface area contributed by atoms with Crippen molar-refractivity contribution in [2.75, 3.05) is 0 Å². The molecule has 0 rings (SSSR count). The molecule has 6 heteroatoms. The second-order valence-electron chi connectivity index (χ2n) is 4.55. The molecule has 0 heterocycles. The summed E-state index contributed by atoms with van der Waals surface area (Å²) in [6.45, 7) is 6.55. The number of hydrogen-bond acceptors (Lipinski definition) is 4. The molecule has 2 atom stereocenters. The highest BCUT2D eigenvalue weighted by atomic mass is 16.5. The van der Waals surface area contributed by atoms with Crippen LogP contribution in [0.2, 0.25) is 0 Å². The van der Waals surface area contributed by atoms with E-state index in [2.05, 4.69) is 6.58 Å². The normalized spacial score (nSPS) is 13.4. The zero-order valence-corrected chi connectivity index (χ0v) is 11.2. The van der Waals surface area contributed by atoms with Gasteiger partial charge in [0, 0.05) is 12.0 Å². The summed E-state index contributed by atoms with van der Waals surface area (Å²) in [6.07, 6.45) is 0.0805. The van der Waals surface area contributed by atoms with Crippen LogP contribution in [0.3, 0.4) is 0 Å². The molecule has 108 valence electrons. The molecule has 0 bridgehead atoms. The summed E-state index contributed by atoms with van der Waals surface area (Å²) in [5.74, 6) is -3.23. The predicted octanol–water partition coefficient (Wildman–Crippen LogP) is 1.84. The standard InChI is InChI=1S/C13H20O6/c1-8(2)13(18)19-9(3)7-10(12(16)17)5-4-6-11(14)15/h9-10H,1,4-7H2,2-3H3,(H,14,15)(H,16,17). The molecule has 0 aromatic heterocycles. The van der Waals surface area contributed by atoms with E-state index in [0.29, 0.717) is 0 Å². The maximum Gasteiger partial charge on any atom is 0.333 e. The van der Waals surface area contributed by atoms with Crippen LogP contribution in [0.1, 0.15) is 39.5 Å². The number of hydrogen-bond donors (Lipinski definition) is 2. The van der Waals surface area contributed by atoms with Crippen LogP contribution in [0.5, 0.6) is 0 Å². The number of rotatable bonds is 9. The van der Waals surface area contributed by atoms with E-state index >= 15 is 0 Å². The first-order valence-corrected chi connectivity index (χ1v) is 6.05. The maximum absolute atomic E-state index is 11.3. The van der Waals surface area contributed by atoms with Gasteiger partial charge in [-0.1, -0.05) is 6.58 Å². The molecular weight excluding hydrogens is 252 g/mol. The summed E-state index contributed by atoms with van der Waals surface area (Å²) >= 11 is 0. The van der Waals surface area contributed by atoms with Crippen molar-refractivity contribution in [2.45, 2.75) is 45.6 Å². The molecule has 0 saturated heterocycles. The molecule has 6 nitrogen and oxygen atoms in total. The largest absolute Gasteiger partial charge is 0.481 e. The van der Waals surface area contributed by atoms with Crippen LogP contribution in [-0.4, -0.2) is 34.2 Å². The van der Waals surface area contributed by atoms with Gasteiger partial charge >= 0.3 is 17.9 Å². The number of aliphatic carboxylic acids is 2. The van der Waals surface area contributed by atoms with Gasteiger partial charge in [0.25, 0.3) is 0 Å². The van der Waals surface area contributed by atoms with Crippen LogP contribution in [0.15, 0.2) is 12.2 Å². The Morgan fingerprint density at radius 2 is 1.84 bits per heavy atom. The lowest BCUT2D eigenvalue weighted by atomic mass is 9.96. The first-order chi connectivity index (χ1) is 8.73. The van der Waals surface area contributed by atoms with Crippen LogP contribution >= 0.6 is 0 Å². The van der Waals surface area contributed by atoms with Gasteiger partial charge in [0.1, 0.15) is 6.10 Å². The van der Waals surface area contributed by atoms with Crippen LogP contribution < -0.4 is 0 Å². The van der Waals surface area contributed by atoms with Crippen LogP contribution in [0, 0.1) is 5.92 Å². The molecule has 0 aromatic carbocycles. The lowest BCUT2D eigenvalue weighted by molar-refractivity contribution is -0.149. The van der Waals surface area contributed by atoms with Gasteiger partial charge in [0.2, 0.25) is 0 Å². The van der Waals surface area contributed by atoms with E-state index in [4.69, 9.17) is 14.9 Å². The molecule has 0 aliphatic rings. The highest BCUT2D eigenvalue weighted by molar-refractivity contribution is 5.87. The summed E-state index contributed by atoms with van der Waals surface area (Å²) in [5.41, 5.74) is 0.254. The van der Waals surface area contributed by atoms with E-state index in [1.54, 1.807) is 6.92 Å². The summed E-state index contributed by atoms with van der Waals surface area (Å²) < 4.78 is 5.00. The number of carbonyl (C=O) groups excluding carboxylic acids is 1. The molecule has 0 spiro atoms. The van der Waals surface area contributed by atoms with Gasteiger partial charge in [-0.3, -0.25) is 9.59 Å². The Bertz CT molecular complexity index is 360. The summed E-state index contributed by atoms with van der Waals surface area (Å²) in [6, 6.07) is 0. The molecule has 0 saturated carbocycles. The first-order valence-electron chi connectivity index (χ1n) is 6.05. The molecule has 2 unspecified atom stereocenters. The predicted molar refractivity (Wildman–Crippen MR) is 67.6 cm³/mol. The molecule has 0 fully saturated rings. The summed E-state index contributed by atoms with van der Waals surface area (Å²) in [7, 11) is 0. The molecule has 0 aromatic rings. The van der Waals surface area contributed by atoms with E-state index in [0.717, 1.165) is 0 Å². The molecule has 0 radical (unpaired) electrons. The monoisotopic (exact) mass is 272 g/mol. The molecule has 0 amide bonds. The van der Waals surface area contributed by atoms with Gasteiger partial charge < -0.3 is 14.9 Å². The lowest BCUT2D eigenvalue weighted by Gasteiger charge is -2.18. The van der Waals surface area contributed by atoms with E-state index in [1.165, 1.54) is 6.92 Å². The Kier molecular flexibility index (Phi) is 7.48. The molecule has 0 aliphatic heterocycles. The molecule has 19 heavy (non-hydrogen) atoms. The van der Waals surface area contributed by atoms with E-state index in [-0.39, 0.29) is 31.3 Å². The Morgan fingerprint density at radius 3 is 2.26 bits per heavy atom. The molecule has 0 aliphatic carbocycles. The Morgan fingerprint density at radius 1 is 1.26 bits per heavy atom. The Hall–Kier alpha value is -1.85. The van der Waals surface area contributed by atoms with Crippen molar-refractivity contribution in [1.82, 2.24) is 0 Å². The number of ether oxygens (including phenoxy) is 1. The molecule has 2 N–H and O–H groups in total. The van der Waals surface area contributed by atoms with E-state index < -0.39 is 29.9 Å². The number of esters is 1. The zero-order valence-electron chi connectivity index (χ0n) is 11.2. The smallest absolute Gasteiger partial charge is 0.333 e. The minimum absolute atomic E-state index is 0.0658. The average molecular weight is 272 g/mol. The number of carbonyl (C=O) groups is 3. The number of carboxylic acid groups (broad SMARTS) is 2. The molecular formula is C13H20O6. The fraction of sp³-hybridized carbons (Fsp3) is 0.615. The highest BCUT2D eigenvalue weighted by Gasteiger charge is 2.22. The van der Waals surface area contributed by atoms with Gasteiger partial charge in [0.05, 0.1) is 5.92 Å². The van der Waals surface area contributed by atoms with Gasteiger partial charge in [-0.05, 0) is 33.1 Å². The van der Waals surface area contributed by atoms with Crippen LogP contribution in [0.4, 0.5) is 0 Å². The van der Waals surface area contributed by atoms with Crippen molar-refractivity contribution >= 4 is 17.9 Å². The lowest BCUT2D eigenvalue weighted by Crippen LogP contribution is -2.23. The van der Waals surface area contributed by atoms with Crippen LogP contribution in [-0.2, 0) is 19.1 Å². The van der Waals surface area contributed by atoms with E-state index in [9.17, 15) is 14.4 Å². The third kappa shape index (κ3) is 7.96. The van der Waals surface area contributed by atoms with Crippen molar-refractivity contribution in [1.29, 1.82) is 0 Å². The topological polar surface area (TPSA) is 101 Å². The zero-order chi connectivity index (χ0) is 15.0. The van der Waals surface area contributed by atoms with Crippen molar-refractivity contribution in [2.24, 2.45) is 5.92 Å². The maximum atomic E-state index is 11.3. The minimum atomic E-state index is -1.01. The van der Waals surface area contributed by atoms with Crippen molar-refractivity contribution in [3.63, 3.8) is 0 Å². The van der Waals surface area contributed by atoms with Gasteiger partial charge in [-0.25, -0.2) is 4.79 Å². The highest BCUT2D eigenvalue weighted by Crippen LogP contribution is 2.17. The minimum Gasteiger partial charge on any atom is -0.481 e. The first kappa shape index (κ1) is 17.2. The summed E-state index contributed by atoms with van der Waals surface area (Å²) in [4.78, 5) is 32.7. The Balaban J connectivity index is 4.26. The SMILES string of the molecule is C=C(C)C(=O)OC(C)CC(CCCC(=O)O)C(=O)O. The van der Waals surface area contributed by atoms with Gasteiger partial charge in [0.15, 0.2) is 0 Å². The number of carboxylic acids is 2. The second-order valence-corrected chi connectivity index (χ2v) is 4.55. The fourth-order valence-corrected chi connectivity index (χ4v) is 1.57. The average Bonchev–Trinajstić information content (AvgIpc) is 2.26. The van der Waals surface area contributed by atoms with Gasteiger partial charge in [-0.2, -0.15) is 0 Å². The third-order valence-corrected chi connectivity index (χ3v) is 2.57. The third-order valence-electron chi connectivity index (χ3n) is 2.57. The van der Waals surface area contributed by atoms with E-state index in [1.807, 2.05) is 0 Å². The van der Waals surface area contributed by atoms with Gasteiger partial charge in [-0.15, -0.1) is 0 Å². The second kappa shape index (κ2) is 8.29. The van der Waals surface area contributed by atoms with Crippen molar-refractivity contribution in [3.8, 4) is 0 Å². The van der Waals surface area contributed by atoms with Crippen molar-refractivity contribution < 1.29 is 29.3 Å². The van der Waals surface area contributed by atoms with Crippen molar-refractivity contribution in [3.05, 3.63) is 12.2 Å². The fourth-order valence-electron chi connectivity index (χ4n) is 1.57. The van der Waals surface area contributed by atoms with Crippen LogP contribution in [0.25, 0.3) is 0 Å². The summed E-state index contributed by atoms with van der Waals surface area (Å²) in [5, 5.41) is 17.5. The quantitative estimate of drug-likeness (QED) is 0.490. The Labute approximate surface area is 112 Å².